The first-order chi connectivity index (χ1) is 38.1. The molecule has 2 aliphatic rings. The minimum atomic E-state index is -1.60. The van der Waals surface area contributed by atoms with Crippen LogP contribution in [0.5, 0.6) is 0 Å². The number of fused-ring (bicyclic) bond motifs is 2. The number of H-pyrrole nitrogens is 1. The van der Waals surface area contributed by atoms with E-state index in [4.69, 9.17) is 0 Å². The number of rotatable bonds is 13. The van der Waals surface area contributed by atoms with Gasteiger partial charge in [0.05, 0.1) is 19.2 Å². The topological polar surface area (TPSA) is 294 Å². The third-order valence-corrected chi connectivity index (χ3v) is 15.5. The molecule has 3 aromatic carbocycles. The zero-order valence-electron chi connectivity index (χ0n) is 47.1. The molecule has 0 bridgehead atoms. The monoisotopic (exact) mass is 1100 g/mol. The highest BCUT2D eigenvalue weighted by Gasteiger charge is 2.42. The number of Topliss-reactive ketones (excluding diaryl/α,β-unsaturated/α-hetero) is 1. The van der Waals surface area contributed by atoms with E-state index in [1.807, 2.05) is 31.2 Å². The summed E-state index contributed by atoms with van der Waals surface area (Å²) < 4.78 is 0. The Labute approximate surface area is 467 Å². The molecule has 1 aromatic heterocycles. The van der Waals surface area contributed by atoms with Crippen LogP contribution in [0.4, 0.5) is 0 Å². The lowest BCUT2D eigenvalue weighted by Gasteiger charge is -2.34. The number of carbonyl (C=O) groups is 10. The summed E-state index contributed by atoms with van der Waals surface area (Å²) >= 11 is 0. The molecule has 0 aliphatic carbocycles. The van der Waals surface area contributed by atoms with Gasteiger partial charge in [-0.15, -0.1) is 0 Å². The summed E-state index contributed by atoms with van der Waals surface area (Å²) in [5, 5.41) is 30.1. The number of benzene rings is 3. The molecule has 80 heavy (non-hydrogen) atoms. The molecule has 0 unspecified atom stereocenters. The Morgan fingerprint density at radius 1 is 0.600 bits per heavy atom. The van der Waals surface area contributed by atoms with Gasteiger partial charge in [-0.25, -0.2) is 0 Å². The van der Waals surface area contributed by atoms with Gasteiger partial charge in [-0.2, -0.15) is 0 Å². The quantitative estimate of drug-likeness (QED) is 0.0877. The van der Waals surface area contributed by atoms with E-state index < -0.39 is 138 Å². The second-order valence-corrected chi connectivity index (χ2v) is 22.0. The van der Waals surface area contributed by atoms with Crippen molar-refractivity contribution < 1.29 is 53.1 Å². The zero-order chi connectivity index (χ0) is 58.4. The van der Waals surface area contributed by atoms with Gasteiger partial charge in [0, 0.05) is 53.5 Å². The molecule has 430 valence electrons. The minimum Gasteiger partial charge on any atom is -0.394 e. The van der Waals surface area contributed by atoms with E-state index in [0.29, 0.717) is 41.5 Å². The summed E-state index contributed by atoms with van der Waals surface area (Å²) in [6.07, 6.45) is 2.78. The Hall–Kier alpha value is -7.74. The number of aliphatic hydroxyl groups is 1. The van der Waals surface area contributed by atoms with Gasteiger partial charge in [-0.05, 0) is 60.1 Å². The van der Waals surface area contributed by atoms with Crippen LogP contribution in [-0.4, -0.2) is 136 Å². The number of aromatic nitrogens is 1. The molecule has 6 rings (SSSR count). The zero-order valence-corrected chi connectivity index (χ0v) is 47.1. The van der Waals surface area contributed by atoms with Crippen LogP contribution in [0.2, 0.25) is 0 Å². The van der Waals surface area contributed by atoms with Crippen molar-refractivity contribution in [2.24, 2.45) is 29.6 Å². The Kier molecular flexibility index (Phi) is 21.8. The molecular weight excluding hydrogens is 1020 g/mol. The maximum atomic E-state index is 14.8. The van der Waals surface area contributed by atoms with E-state index in [2.05, 4.69) is 42.2 Å². The number of amides is 8. The first kappa shape index (κ1) is 61.5. The van der Waals surface area contributed by atoms with Crippen LogP contribution in [0.3, 0.4) is 0 Å². The molecular formula is C60H79N9O11. The SMILES string of the molecule is CC[C@H](C)[C@@H]1NC(=O)[C@H](Cc2ccc(C(=O)c3ccccc3)cc2)CC(=O)[C@@H]2CCCN2C(=O)[C@H]([C@@H](C)CC)NC(=O)[C@H](C(C)C)NC(=O)[C@H](C(C)C)NC(=O)[C@H](Cc2c[nH]c3ccccc23)NC(=O)CNC(=O)[C@H](CO)NC1=O. The van der Waals surface area contributed by atoms with Crippen LogP contribution in [0.1, 0.15) is 115 Å². The summed E-state index contributed by atoms with van der Waals surface area (Å²) in [6, 6.07) is 13.9. The average Bonchev–Trinajstić information content (AvgIpc) is 4.17. The van der Waals surface area contributed by atoms with Crippen LogP contribution in [0.25, 0.3) is 10.9 Å². The van der Waals surface area contributed by atoms with E-state index in [1.165, 1.54) is 4.90 Å². The molecule has 10 atom stereocenters. The standard InChI is InChI=1S/C60H79N9O11/c1-9-35(7)51-59(79)64-45(32-70)55(75)62-31-48(72)63-44(28-41-30-61-43-20-15-14-19-42(41)43)56(76)65-49(33(3)4)57(77)66-50(34(5)6)58(78)68-52(36(8)10-2)60(80)69-26-16-21-46(69)47(71)29-40(54(74)67-51)27-37-22-24-39(25-23-37)53(73)38-17-12-11-13-18-38/h11-15,17-20,22-25,30,33-36,40,44-46,49-52,61,70H,9-10,16,21,26-29,31-32H2,1-8H3,(H,62,75)(H,63,72)(H,64,79)(H,65,76)(H,66,77)(H,67,74)(H,68,78)/t35-,36-,40+,44-,45-,46-,49-,50-,51-,52-/m0/s1. The highest BCUT2D eigenvalue weighted by atomic mass is 16.3. The summed E-state index contributed by atoms with van der Waals surface area (Å²) in [5.41, 5.74) is 2.90. The normalized spacial score (nSPS) is 24.6. The second-order valence-electron chi connectivity index (χ2n) is 22.0. The van der Waals surface area contributed by atoms with Crippen molar-refractivity contribution in [1.82, 2.24) is 47.1 Å². The van der Waals surface area contributed by atoms with Gasteiger partial charge >= 0.3 is 0 Å². The van der Waals surface area contributed by atoms with Crippen molar-refractivity contribution in [1.29, 1.82) is 0 Å². The number of hydrogen-bond donors (Lipinski definition) is 9. The van der Waals surface area contributed by atoms with E-state index >= 15 is 0 Å². The van der Waals surface area contributed by atoms with E-state index in [9.17, 15) is 53.1 Å². The first-order valence-corrected chi connectivity index (χ1v) is 27.9. The van der Waals surface area contributed by atoms with Crippen molar-refractivity contribution in [2.45, 2.75) is 143 Å². The number of nitrogens with zero attached hydrogens (tertiary/aromatic N) is 1. The smallest absolute Gasteiger partial charge is 0.246 e. The van der Waals surface area contributed by atoms with Crippen LogP contribution < -0.4 is 37.2 Å². The van der Waals surface area contributed by atoms with Crippen molar-refractivity contribution in [3.05, 3.63) is 107 Å². The van der Waals surface area contributed by atoms with Crippen LogP contribution >= 0.6 is 0 Å². The van der Waals surface area contributed by atoms with Gasteiger partial charge in [-0.3, -0.25) is 47.9 Å². The Bertz CT molecular complexity index is 2870. The molecule has 4 aromatic rings. The molecule has 3 heterocycles. The van der Waals surface area contributed by atoms with Crippen molar-refractivity contribution >= 4 is 69.7 Å². The fourth-order valence-corrected chi connectivity index (χ4v) is 10.2. The van der Waals surface area contributed by atoms with Crippen LogP contribution in [-0.2, 0) is 56.0 Å². The second kappa shape index (κ2) is 28.4. The predicted octanol–water partition coefficient (Wildman–Crippen LogP) is 3.19. The number of aliphatic hydroxyl groups excluding tert-OH is 1. The molecule has 0 saturated carbocycles. The Balaban J connectivity index is 1.36. The number of nitrogens with one attached hydrogen (secondary N) is 8. The Morgan fingerprint density at radius 2 is 1.16 bits per heavy atom. The molecule has 20 nitrogen and oxygen atoms in total. The molecule has 20 heteroatoms. The number of hydrogen-bond acceptors (Lipinski definition) is 11. The van der Waals surface area contributed by atoms with Crippen LogP contribution in [0, 0.1) is 29.6 Å². The predicted molar refractivity (Wildman–Crippen MR) is 300 cm³/mol. The summed E-state index contributed by atoms with van der Waals surface area (Å²) in [4.78, 5) is 147. The number of aromatic amines is 1. The minimum absolute atomic E-state index is 0.0219. The third-order valence-electron chi connectivity index (χ3n) is 15.5. The number of ketones is 2. The molecule has 8 amide bonds. The Morgan fingerprint density at radius 3 is 1.79 bits per heavy atom. The van der Waals surface area contributed by atoms with Gasteiger partial charge < -0.3 is 52.2 Å². The van der Waals surface area contributed by atoms with Crippen LogP contribution in [0.15, 0.2) is 85.1 Å². The maximum Gasteiger partial charge on any atom is 0.246 e. The molecule has 2 saturated heterocycles. The number of para-hydroxylation sites is 1. The van der Waals surface area contributed by atoms with E-state index in [-0.39, 0.29) is 38.0 Å². The highest BCUT2D eigenvalue weighted by molar-refractivity contribution is 6.09. The summed E-state index contributed by atoms with van der Waals surface area (Å²) in [7, 11) is 0. The van der Waals surface area contributed by atoms with Gasteiger partial charge in [0.15, 0.2) is 11.6 Å². The maximum absolute atomic E-state index is 14.8. The van der Waals surface area contributed by atoms with Gasteiger partial charge in [-0.1, -0.05) is 141 Å². The van der Waals surface area contributed by atoms with Gasteiger partial charge in [0.25, 0.3) is 0 Å². The lowest BCUT2D eigenvalue weighted by molar-refractivity contribution is -0.143. The molecule has 9 N–H and O–H groups in total. The lowest BCUT2D eigenvalue weighted by atomic mass is 9.88. The lowest BCUT2D eigenvalue weighted by Crippen LogP contribution is -2.62. The summed E-state index contributed by atoms with van der Waals surface area (Å²) in [6.45, 7) is 12.6. The first-order valence-electron chi connectivity index (χ1n) is 27.9. The third kappa shape index (κ3) is 15.5. The molecule has 2 fully saturated rings. The molecule has 0 radical (unpaired) electrons. The van der Waals surface area contributed by atoms with E-state index in [0.717, 1.165) is 10.9 Å². The fourth-order valence-electron chi connectivity index (χ4n) is 10.2. The summed E-state index contributed by atoms with van der Waals surface area (Å²) in [5.74, 6) is -9.74. The van der Waals surface area contributed by atoms with Crippen molar-refractivity contribution in [3.63, 3.8) is 0 Å². The fraction of sp³-hybridized carbons (Fsp3) is 0.500. The highest BCUT2D eigenvalue weighted by Crippen LogP contribution is 2.27. The molecule has 2 aliphatic heterocycles. The van der Waals surface area contributed by atoms with E-state index in [1.54, 1.807) is 109 Å². The van der Waals surface area contributed by atoms with Gasteiger partial charge in [0.2, 0.25) is 47.3 Å². The van der Waals surface area contributed by atoms with Crippen molar-refractivity contribution in [3.8, 4) is 0 Å². The average molecular weight is 1100 g/mol. The number of carbonyl (C=O) groups excluding carboxylic acids is 10. The van der Waals surface area contributed by atoms with Gasteiger partial charge in [0.1, 0.15) is 36.3 Å². The largest absolute Gasteiger partial charge is 0.394 e. The van der Waals surface area contributed by atoms with Crippen molar-refractivity contribution in [2.75, 3.05) is 19.7 Å². The molecule has 0 spiro atoms.